The fourth-order valence-electron chi connectivity index (χ4n) is 1.80. The molecule has 7 heteroatoms. The highest BCUT2D eigenvalue weighted by molar-refractivity contribution is 5.64. The lowest BCUT2D eigenvalue weighted by molar-refractivity contribution is 0.123. The SMILES string of the molecule is CCCCC(NC(=O)O)[C@H](O)CNc1cccc(F)n1. The van der Waals surface area contributed by atoms with E-state index in [0.717, 1.165) is 12.8 Å². The van der Waals surface area contributed by atoms with Gasteiger partial charge in [-0.2, -0.15) is 4.39 Å². The third-order valence-electron chi connectivity index (χ3n) is 2.85. The van der Waals surface area contributed by atoms with Gasteiger partial charge < -0.3 is 20.8 Å². The van der Waals surface area contributed by atoms with Crippen molar-refractivity contribution >= 4 is 11.9 Å². The van der Waals surface area contributed by atoms with E-state index in [2.05, 4.69) is 15.6 Å². The van der Waals surface area contributed by atoms with Crippen molar-refractivity contribution in [1.29, 1.82) is 0 Å². The summed E-state index contributed by atoms with van der Waals surface area (Å²) in [6.45, 7) is 2.07. The monoisotopic (exact) mass is 285 g/mol. The topological polar surface area (TPSA) is 94.5 Å². The van der Waals surface area contributed by atoms with Gasteiger partial charge in [-0.1, -0.05) is 25.8 Å². The average molecular weight is 285 g/mol. The molecule has 112 valence electrons. The van der Waals surface area contributed by atoms with Gasteiger partial charge in [0.25, 0.3) is 0 Å². The molecule has 0 spiro atoms. The normalized spacial score (nSPS) is 13.6. The Balaban J connectivity index is 2.51. The number of aliphatic hydroxyl groups is 1. The first kappa shape index (κ1) is 16.2. The van der Waals surface area contributed by atoms with Crippen molar-refractivity contribution in [1.82, 2.24) is 10.3 Å². The Morgan fingerprint density at radius 1 is 1.50 bits per heavy atom. The summed E-state index contributed by atoms with van der Waals surface area (Å²) in [7, 11) is 0. The van der Waals surface area contributed by atoms with Gasteiger partial charge >= 0.3 is 6.09 Å². The van der Waals surface area contributed by atoms with E-state index in [4.69, 9.17) is 5.11 Å². The Bertz CT molecular complexity index is 431. The van der Waals surface area contributed by atoms with Crippen LogP contribution >= 0.6 is 0 Å². The molecule has 0 fully saturated rings. The van der Waals surface area contributed by atoms with Crippen LogP contribution in [0.25, 0.3) is 0 Å². The van der Waals surface area contributed by atoms with Gasteiger partial charge in [-0.15, -0.1) is 0 Å². The molecule has 0 radical (unpaired) electrons. The number of nitrogens with zero attached hydrogens (tertiary/aromatic N) is 1. The maximum atomic E-state index is 12.9. The quantitative estimate of drug-likeness (QED) is 0.547. The van der Waals surface area contributed by atoms with E-state index >= 15 is 0 Å². The smallest absolute Gasteiger partial charge is 0.404 e. The number of aliphatic hydroxyl groups excluding tert-OH is 1. The van der Waals surface area contributed by atoms with Crippen molar-refractivity contribution in [2.75, 3.05) is 11.9 Å². The van der Waals surface area contributed by atoms with Gasteiger partial charge in [-0.25, -0.2) is 9.78 Å². The van der Waals surface area contributed by atoms with Crippen LogP contribution in [0.3, 0.4) is 0 Å². The summed E-state index contributed by atoms with van der Waals surface area (Å²) >= 11 is 0. The number of anilines is 1. The lowest BCUT2D eigenvalue weighted by atomic mass is 10.0. The first-order valence-corrected chi connectivity index (χ1v) is 6.57. The zero-order chi connectivity index (χ0) is 15.0. The summed E-state index contributed by atoms with van der Waals surface area (Å²) in [5, 5.41) is 23.8. The van der Waals surface area contributed by atoms with Gasteiger partial charge in [0.05, 0.1) is 12.1 Å². The number of rotatable bonds is 8. The summed E-state index contributed by atoms with van der Waals surface area (Å²) in [5.74, 6) is -0.315. The summed E-state index contributed by atoms with van der Waals surface area (Å²) in [6, 6.07) is 3.73. The number of halogens is 1. The molecule has 0 saturated heterocycles. The minimum absolute atomic E-state index is 0.0884. The van der Waals surface area contributed by atoms with Crippen molar-refractivity contribution in [3.05, 3.63) is 24.1 Å². The van der Waals surface area contributed by atoms with E-state index < -0.39 is 24.2 Å². The fourth-order valence-corrected chi connectivity index (χ4v) is 1.80. The molecule has 0 aliphatic rings. The number of hydrogen-bond acceptors (Lipinski definition) is 4. The highest BCUT2D eigenvalue weighted by Gasteiger charge is 2.20. The molecule has 0 bridgehead atoms. The average Bonchev–Trinajstić information content (AvgIpc) is 2.40. The molecule has 1 unspecified atom stereocenters. The molecule has 2 atom stereocenters. The Labute approximate surface area is 117 Å². The summed E-state index contributed by atoms with van der Waals surface area (Å²) in [5.41, 5.74) is 0. The third kappa shape index (κ3) is 5.83. The Morgan fingerprint density at radius 2 is 2.25 bits per heavy atom. The van der Waals surface area contributed by atoms with Crippen LogP contribution in [-0.2, 0) is 0 Å². The summed E-state index contributed by atoms with van der Waals surface area (Å²) in [6.07, 6.45) is 0.169. The number of amides is 1. The minimum Gasteiger partial charge on any atom is -0.465 e. The number of nitrogens with one attached hydrogen (secondary N) is 2. The lowest BCUT2D eigenvalue weighted by Crippen LogP contribution is -2.45. The van der Waals surface area contributed by atoms with Crippen molar-refractivity contribution in [3.63, 3.8) is 0 Å². The van der Waals surface area contributed by atoms with E-state index in [1.807, 2.05) is 6.92 Å². The summed E-state index contributed by atoms with van der Waals surface area (Å²) < 4.78 is 12.9. The minimum atomic E-state index is -1.17. The van der Waals surface area contributed by atoms with Crippen molar-refractivity contribution in [2.24, 2.45) is 0 Å². The lowest BCUT2D eigenvalue weighted by Gasteiger charge is -2.23. The molecule has 0 saturated carbocycles. The molecular weight excluding hydrogens is 265 g/mol. The van der Waals surface area contributed by atoms with E-state index in [1.165, 1.54) is 12.1 Å². The molecule has 1 heterocycles. The molecule has 0 aromatic carbocycles. The first-order valence-electron chi connectivity index (χ1n) is 6.57. The molecule has 1 rings (SSSR count). The molecular formula is C13H20FN3O3. The predicted octanol–water partition coefficient (Wildman–Crippen LogP) is 1.82. The Morgan fingerprint density at radius 3 is 2.85 bits per heavy atom. The number of hydrogen-bond donors (Lipinski definition) is 4. The number of carboxylic acid groups (broad SMARTS) is 1. The molecule has 20 heavy (non-hydrogen) atoms. The third-order valence-corrected chi connectivity index (χ3v) is 2.85. The maximum Gasteiger partial charge on any atom is 0.404 e. The predicted molar refractivity (Wildman–Crippen MR) is 73.2 cm³/mol. The highest BCUT2D eigenvalue weighted by Crippen LogP contribution is 2.08. The molecule has 6 nitrogen and oxygen atoms in total. The van der Waals surface area contributed by atoms with Crippen molar-refractivity contribution in [2.45, 2.75) is 38.3 Å². The van der Waals surface area contributed by atoms with Crippen molar-refractivity contribution < 1.29 is 19.4 Å². The summed E-state index contributed by atoms with van der Waals surface area (Å²) in [4.78, 5) is 14.3. The van der Waals surface area contributed by atoms with E-state index in [0.29, 0.717) is 12.2 Å². The van der Waals surface area contributed by atoms with Crippen LogP contribution in [0, 0.1) is 5.95 Å². The molecule has 1 amide bonds. The van der Waals surface area contributed by atoms with Gasteiger partial charge in [-0.05, 0) is 18.6 Å². The van der Waals surface area contributed by atoms with Gasteiger partial charge in [0.1, 0.15) is 5.82 Å². The van der Waals surface area contributed by atoms with Crippen LogP contribution in [0.15, 0.2) is 18.2 Å². The standard InChI is InChI=1S/C13H20FN3O3/c1-2-3-5-9(16-13(19)20)10(18)8-15-12-7-4-6-11(14)17-12/h4,6-7,9-10,16,18H,2-3,5,8H2,1H3,(H,15,17)(H,19,20)/t9?,10-/m1/s1. The van der Waals surface area contributed by atoms with E-state index in [-0.39, 0.29) is 6.54 Å². The van der Waals surface area contributed by atoms with Crippen LogP contribution in [0.2, 0.25) is 0 Å². The second-order valence-electron chi connectivity index (χ2n) is 4.49. The first-order chi connectivity index (χ1) is 9.52. The van der Waals surface area contributed by atoms with Crippen LogP contribution in [-0.4, -0.2) is 40.0 Å². The zero-order valence-electron chi connectivity index (χ0n) is 11.3. The van der Waals surface area contributed by atoms with E-state index in [1.54, 1.807) is 6.07 Å². The van der Waals surface area contributed by atoms with Gasteiger partial charge in [-0.3, -0.25) is 0 Å². The molecule has 4 N–H and O–H groups in total. The molecule has 0 aliphatic carbocycles. The number of carbonyl (C=O) groups is 1. The van der Waals surface area contributed by atoms with Crippen LogP contribution in [0.1, 0.15) is 26.2 Å². The zero-order valence-corrected chi connectivity index (χ0v) is 11.3. The second kappa shape index (κ2) is 8.31. The van der Waals surface area contributed by atoms with Crippen LogP contribution in [0.4, 0.5) is 15.0 Å². The maximum absolute atomic E-state index is 12.9. The highest BCUT2D eigenvalue weighted by atomic mass is 19.1. The number of pyridine rings is 1. The van der Waals surface area contributed by atoms with Gasteiger partial charge in [0.2, 0.25) is 5.95 Å². The molecule has 0 aliphatic heterocycles. The molecule has 1 aromatic heterocycles. The number of aromatic nitrogens is 1. The molecule has 1 aromatic rings. The van der Waals surface area contributed by atoms with E-state index in [9.17, 15) is 14.3 Å². The fraction of sp³-hybridized carbons (Fsp3) is 0.538. The number of unbranched alkanes of at least 4 members (excludes halogenated alkanes) is 1. The van der Waals surface area contributed by atoms with Gasteiger partial charge in [0, 0.05) is 6.54 Å². The largest absolute Gasteiger partial charge is 0.465 e. The van der Waals surface area contributed by atoms with Gasteiger partial charge in [0.15, 0.2) is 0 Å². The Hall–Kier alpha value is -1.89. The Kier molecular flexibility index (Phi) is 6.72. The van der Waals surface area contributed by atoms with Crippen LogP contribution in [0.5, 0.6) is 0 Å². The van der Waals surface area contributed by atoms with Crippen LogP contribution < -0.4 is 10.6 Å². The van der Waals surface area contributed by atoms with Crippen molar-refractivity contribution in [3.8, 4) is 0 Å². The second-order valence-corrected chi connectivity index (χ2v) is 4.49.